The Morgan fingerprint density at radius 2 is 2.10 bits per heavy atom. The van der Waals surface area contributed by atoms with Gasteiger partial charge in [0, 0.05) is 26.7 Å². The third-order valence-electron chi connectivity index (χ3n) is 2.52. The van der Waals surface area contributed by atoms with Gasteiger partial charge in [0.05, 0.1) is 23.2 Å². The van der Waals surface area contributed by atoms with E-state index >= 15 is 0 Å². The molecule has 0 fully saturated rings. The Hall–Kier alpha value is -1.73. The zero-order chi connectivity index (χ0) is 15.3. The molecule has 0 saturated heterocycles. The summed E-state index contributed by atoms with van der Waals surface area (Å²) in [6, 6.07) is 0. The normalized spacial score (nSPS) is 10.7. The predicted molar refractivity (Wildman–Crippen MR) is 82.5 cm³/mol. The average Bonchev–Trinajstić information content (AvgIpc) is 2.97. The summed E-state index contributed by atoms with van der Waals surface area (Å²) in [7, 11) is 5.39. The first kappa shape index (κ1) is 16.3. The van der Waals surface area contributed by atoms with Crippen molar-refractivity contribution in [1.82, 2.24) is 14.6 Å². The second kappa shape index (κ2) is 7.16. The number of aromatic nitrogens is 2. The number of aliphatic hydroxyl groups excluding tert-OH is 1. The molecule has 2 heterocycles. The Labute approximate surface area is 122 Å². The molecule has 0 aliphatic rings. The van der Waals surface area contributed by atoms with Gasteiger partial charge in [-0.05, 0) is 0 Å². The number of nitrogens with zero attached hydrogens (tertiary/aromatic N) is 4. The van der Waals surface area contributed by atoms with Gasteiger partial charge in [0.15, 0.2) is 11.9 Å². The molecule has 0 aromatic carbocycles. The van der Waals surface area contributed by atoms with Crippen LogP contribution in [0.2, 0.25) is 0 Å². The Morgan fingerprint density at radius 3 is 2.60 bits per heavy atom. The van der Waals surface area contributed by atoms with E-state index in [9.17, 15) is 4.79 Å². The summed E-state index contributed by atoms with van der Waals surface area (Å²) in [5.74, 6) is 0. The second-order valence-corrected chi connectivity index (χ2v) is 5.07. The third kappa shape index (κ3) is 3.05. The second-order valence-electron chi connectivity index (χ2n) is 3.99. The van der Waals surface area contributed by atoms with Crippen molar-refractivity contribution >= 4 is 34.2 Å². The number of hydrazone groups is 1. The molecule has 0 aliphatic carbocycles. The highest BCUT2D eigenvalue weighted by atomic mass is 32.1. The zero-order valence-corrected chi connectivity index (χ0v) is 13.2. The largest absolute Gasteiger partial charge is 0.389 e. The fraction of sp³-hybridized carbons (Fsp3) is 0.462. The van der Waals surface area contributed by atoms with E-state index in [0.29, 0.717) is 16.3 Å². The number of carbonyl (C=O) groups is 1. The quantitative estimate of drug-likeness (QED) is 0.531. The van der Waals surface area contributed by atoms with Crippen molar-refractivity contribution in [3.05, 3.63) is 16.3 Å². The van der Waals surface area contributed by atoms with Crippen molar-refractivity contribution < 1.29 is 9.90 Å². The van der Waals surface area contributed by atoms with Crippen LogP contribution in [0.3, 0.4) is 0 Å². The van der Waals surface area contributed by atoms with Gasteiger partial charge in [-0.25, -0.2) is 4.98 Å². The van der Waals surface area contributed by atoms with Crippen LogP contribution in [0.25, 0.3) is 10.3 Å². The van der Waals surface area contributed by atoms with Gasteiger partial charge >= 0.3 is 0 Å². The molecular weight excluding hydrogens is 276 g/mol. The molecule has 0 radical (unpaired) electrons. The number of aldehydes is 1. The first-order chi connectivity index (χ1) is 9.58. The van der Waals surface area contributed by atoms with Crippen LogP contribution in [0.5, 0.6) is 0 Å². The van der Waals surface area contributed by atoms with Crippen molar-refractivity contribution in [2.24, 2.45) is 12.1 Å². The van der Waals surface area contributed by atoms with E-state index in [1.54, 1.807) is 22.8 Å². The van der Waals surface area contributed by atoms with Crippen LogP contribution in [-0.2, 0) is 13.7 Å². The van der Waals surface area contributed by atoms with Gasteiger partial charge < -0.3 is 14.7 Å². The number of fused-ring (bicyclic) bond motifs is 1. The van der Waals surface area contributed by atoms with Gasteiger partial charge in [0.1, 0.15) is 5.01 Å². The van der Waals surface area contributed by atoms with Crippen LogP contribution in [0, 0.1) is 0 Å². The van der Waals surface area contributed by atoms with Crippen molar-refractivity contribution in [2.75, 3.05) is 14.1 Å². The molecule has 0 bridgehead atoms. The van der Waals surface area contributed by atoms with Crippen LogP contribution < -0.4 is 0 Å². The Kier molecular flexibility index (Phi) is 5.84. The van der Waals surface area contributed by atoms with Gasteiger partial charge in [-0.15, -0.1) is 11.3 Å². The SMILES string of the molecule is CC.CN(C)/N=C\c1c(C=O)n(C)c2nc(CO)sc12. The third-order valence-corrected chi connectivity index (χ3v) is 3.58. The molecule has 0 atom stereocenters. The van der Waals surface area contributed by atoms with Crippen LogP contribution in [-0.4, -0.2) is 46.3 Å². The lowest BCUT2D eigenvalue weighted by Crippen LogP contribution is -2.03. The highest BCUT2D eigenvalue weighted by Gasteiger charge is 2.17. The maximum absolute atomic E-state index is 11.1. The minimum atomic E-state index is -0.0972. The lowest BCUT2D eigenvalue weighted by atomic mass is 10.3. The highest BCUT2D eigenvalue weighted by molar-refractivity contribution is 7.19. The molecule has 2 aromatic rings. The lowest BCUT2D eigenvalue weighted by molar-refractivity contribution is 0.111. The zero-order valence-electron chi connectivity index (χ0n) is 12.4. The standard InChI is InChI=1S/C11H14N4O2S.C2H6/c1-14(2)12-4-7-8(5-16)15(3)11-10(7)18-9(6-17)13-11;1-2/h4-5,17H,6H2,1-3H3;1-2H3/b12-4-;. The van der Waals surface area contributed by atoms with E-state index in [-0.39, 0.29) is 6.61 Å². The molecule has 6 nitrogen and oxygen atoms in total. The fourth-order valence-corrected chi connectivity index (χ4v) is 2.65. The summed E-state index contributed by atoms with van der Waals surface area (Å²) in [4.78, 5) is 15.4. The van der Waals surface area contributed by atoms with Crippen molar-refractivity contribution in [3.8, 4) is 0 Å². The molecule has 0 unspecified atom stereocenters. The van der Waals surface area contributed by atoms with Crippen molar-refractivity contribution in [1.29, 1.82) is 0 Å². The molecule has 7 heteroatoms. The summed E-state index contributed by atoms with van der Waals surface area (Å²) >= 11 is 1.38. The van der Waals surface area contributed by atoms with Crippen molar-refractivity contribution in [2.45, 2.75) is 20.5 Å². The number of hydrogen-bond donors (Lipinski definition) is 1. The van der Waals surface area contributed by atoms with E-state index in [1.165, 1.54) is 11.3 Å². The molecule has 2 rings (SSSR count). The van der Waals surface area contributed by atoms with Crippen LogP contribution >= 0.6 is 11.3 Å². The molecule has 2 aromatic heterocycles. The van der Waals surface area contributed by atoms with E-state index < -0.39 is 0 Å². The maximum atomic E-state index is 11.1. The fourth-order valence-electron chi connectivity index (χ4n) is 1.68. The number of aryl methyl sites for hydroxylation is 1. The van der Waals surface area contributed by atoms with E-state index in [4.69, 9.17) is 5.11 Å². The Morgan fingerprint density at radius 1 is 1.45 bits per heavy atom. The number of rotatable bonds is 4. The van der Waals surface area contributed by atoms with E-state index in [0.717, 1.165) is 16.5 Å². The van der Waals surface area contributed by atoms with Crippen LogP contribution in [0.4, 0.5) is 0 Å². The van der Waals surface area contributed by atoms with Crippen LogP contribution in [0.1, 0.15) is 34.9 Å². The minimum Gasteiger partial charge on any atom is -0.389 e. The molecule has 0 spiro atoms. The molecule has 0 amide bonds. The molecule has 20 heavy (non-hydrogen) atoms. The predicted octanol–water partition coefficient (Wildman–Crippen LogP) is 1.86. The summed E-state index contributed by atoms with van der Waals surface area (Å²) < 4.78 is 2.59. The average molecular weight is 296 g/mol. The molecule has 0 aliphatic heterocycles. The van der Waals surface area contributed by atoms with Crippen LogP contribution in [0.15, 0.2) is 5.10 Å². The molecular formula is C13H20N4O2S. The molecule has 110 valence electrons. The van der Waals surface area contributed by atoms with Gasteiger partial charge in [-0.3, -0.25) is 4.79 Å². The first-order valence-electron chi connectivity index (χ1n) is 6.34. The Bertz CT molecular complexity index is 613. The topological polar surface area (TPSA) is 70.7 Å². The summed E-state index contributed by atoms with van der Waals surface area (Å²) in [5, 5.41) is 15.6. The van der Waals surface area contributed by atoms with E-state index in [1.807, 2.05) is 27.9 Å². The number of hydrogen-bond acceptors (Lipinski definition) is 6. The first-order valence-corrected chi connectivity index (χ1v) is 7.15. The minimum absolute atomic E-state index is 0.0972. The highest BCUT2D eigenvalue weighted by Crippen LogP contribution is 2.29. The summed E-state index contributed by atoms with van der Waals surface area (Å²) in [5.41, 5.74) is 1.98. The summed E-state index contributed by atoms with van der Waals surface area (Å²) in [6.07, 6.45) is 2.44. The monoisotopic (exact) mass is 296 g/mol. The number of carbonyl (C=O) groups excluding carboxylic acids is 1. The molecule has 0 saturated carbocycles. The smallest absolute Gasteiger partial charge is 0.167 e. The van der Waals surface area contributed by atoms with Gasteiger partial charge in [-0.2, -0.15) is 5.10 Å². The maximum Gasteiger partial charge on any atom is 0.167 e. The number of thiazole rings is 1. The Balaban J connectivity index is 0.000000956. The van der Waals surface area contributed by atoms with E-state index in [2.05, 4.69) is 10.1 Å². The molecule has 1 N–H and O–H groups in total. The van der Waals surface area contributed by atoms with Crippen molar-refractivity contribution in [3.63, 3.8) is 0 Å². The lowest BCUT2D eigenvalue weighted by Gasteiger charge is -2.02. The summed E-state index contributed by atoms with van der Waals surface area (Å²) in [6.45, 7) is 3.90. The van der Waals surface area contributed by atoms with Gasteiger partial charge in [0.2, 0.25) is 0 Å². The van der Waals surface area contributed by atoms with Gasteiger partial charge in [-0.1, -0.05) is 13.8 Å². The van der Waals surface area contributed by atoms with Gasteiger partial charge in [0.25, 0.3) is 0 Å². The number of aliphatic hydroxyl groups is 1.